The Balaban J connectivity index is 3.47. The van der Waals surface area contributed by atoms with Crippen molar-refractivity contribution in [3.05, 3.63) is 35.9 Å². The highest BCUT2D eigenvalue weighted by Crippen LogP contribution is 2.10. The van der Waals surface area contributed by atoms with Crippen molar-refractivity contribution in [1.29, 1.82) is 0 Å². The maximum Gasteiger partial charge on any atom is 0.326 e. The molecule has 0 heterocycles. The predicted molar refractivity (Wildman–Crippen MR) is 239 cm³/mol. The first-order valence-corrected chi connectivity index (χ1v) is 22.3. The van der Waals surface area contributed by atoms with Gasteiger partial charge in [-0.05, 0) is 75.0 Å². The Labute approximate surface area is 371 Å². The average Bonchev–Trinajstić information content (AvgIpc) is 3.20. The van der Waals surface area contributed by atoms with Crippen LogP contribution >= 0.6 is 24.4 Å². The van der Waals surface area contributed by atoms with E-state index in [1.807, 2.05) is 13.8 Å². The molecule has 0 fully saturated rings. The number of amides is 6. The van der Waals surface area contributed by atoms with Gasteiger partial charge in [0.15, 0.2) is 5.96 Å². The van der Waals surface area contributed by atoms with Crippen molar-refractivity contribution in [1.82, 2.24) is 31.9 Å². The number of thioether (sulfide) groups is 1. The molecule has 0 aliphatic rings. The maximum absolute atomic E-state index is 14.1. The van der Waals surface area contributed by atoms with Gasteiger partial charge in [-0.3, -0.25) is 38.6 Å². The second-order valence-corrected chi connectivity index (χ2v) is 16.3. The maximum atomic E-state index is 14.1. The van der Waals surface area contributed by atoms with Crippen LogP contribution in [0.15, 0.2) is 35.3 Å². The van der Waals surface area contributed by atoms with Crippen LogP contribution in [0.3, 0.4) is 0 Å². The fraction of sp³-hybridized carbons (Fsp3) is 0.615. The molecule has 1 rings (SSSR count). The average molecular weight is 912 g/mol. The van der Waals surface area contributed by atoms with E-state index in [2.05, 4.69) is 49.5 Å². The van der Waals surface area contributed by atoms with Crippen molar-refractivity contribution < 1.29 is 48.6 Å². The zero-order valence-electron chi connectivity index (χ0n) is 35.5. The lowest BCUT2D eigenvalue weighted by molar-refractivity contribution is -0.147. The van der Waals surface area contributed by atoms with Gasteiger partial charge in [-0.25, -0.2) is 4.79 Å². The third-order valence-electron chi connectivity index (χ3n) is 9.19. The number of carboxylic acid groups (broad SMARTS) is 2. The number of nitrogens with one attached hydrogen (secondary N) is 6. The Morgan fingerprint density at radius 2 is 1.18 bits per heavy atom. The Morgan fingerprint density at radius 1 is 0.694 bits per heavy atom. The summed E-state index contributed by atoms with van der Waals surface area (Å²) < 4.78 is 0. The number of carboxylic acids is 2. The number of benzene rings is 1. The number of nitrogens with two attached hydrogens (primary N) is 4. The molecule has 0 saturated carbocycles. The number of nitrogens with zero attached hydrogens (tertiary/aromatic N) is 1. The normalized spacial score (nSPS) is 14.4. The number of thiol groups is 1. The minimum absolute atomic E-state index is 0.0118. The van der Waals surface area contributed by atoms with Crippen LogP contribution in [-0.4, -0.2) is 137 Å². The molecule has 0 aliphatic heterocycles. The summed E-state index contributed by atoms with van der Waals surface area (Å²) in [6.07, 6.45) is 2.20. The lowest BCUT2D eigenvalue weighted by Crippen LogP contribution is -2.60. The van der Waals surface area contributed by atoms with Crippen molar-refractivity contribution in [2.24, 2.45) is 33.8 Å². The van der Waals surface area contributed by atoms with Crippen LogP contribution in [0, 0.1) is 5.92 Å². The molecule has 62 heavy (non-hydrogen) atoms. The molecule has 0 radical (unpaired) electrons. The number of aliphatic imine (C=N–C) groups is 1. The van der Waals surface area contributed by atoms with Gasteiger partial charge >= 0.3 is 11.9 Å². The Bertz CT molecular complexity index is 1650. The highest BCUT2D eigenvalue weighted by Gasteiger charge is 2.34. The minimum atomic E-state index is -1.78. The highest BCUT2D eigenvalue weighted by molar-refractivity contribution is 7.98. The van der Waals surface area contributed by atoms with E-state index in [1.54, 1.807) is 36.6 Å². The predicted octanol–water partition coefficient (Wildman–Crippen LogP) is -2.06. The van der Waals surface area contributed by atoms with E-state index in [0.29, 0.717) is 30.6 Å². The van der Waals surface area contributed by atoms with Crippen molar-refractivity contribution >= 4 is 77.7 Å². The Morgan fingerprint density at radius 3 is 1.66 bits per heavy atom. The molecule has 1 aromatic rings. The van der Waals surface area contributed by atoms with Crippen LogP contribution in [0.25, 0.3) is 0 Å². The Hall–Kier alpha value is -5.13. The Kier molecular flexibility index (Phi) is 26.6. The summed E-state index contributed by atoms with van der Waals surface area (Å²) in [5.74, 6) is -7.55. The fourth-order valence-corrected chi connectivity index (χ4v) is 6.65. The van der Waals surface area contributed by atoms with E-state index in [9.17, 15) is 43.5 Å². The van der Waals surface area contributed by atoms with Crippen molar-refractivity contribution in [2.75, 3.05) is 30.9 Å². The fourth-order valence-electron chi connectivity index (χ4n) is 5.92. The first kappa shape index (κ1) is 54.9. The minimum Gasteiger partial charge on any atom is -0.481 e. The number of guanidine groups is 1. The molecule has 0 bridgehead atoms. The summed E-state index contributed by atoms with van der Waals surface area (Å²) in [5.41, 5.74) is 23.3. The molecule has 23 heteroatoms. The second kappa shape index (κ2) is 30.0. The molecule has 16 N–H and O–H groups in total. The van der Waals surface area contributed by atoms with E-state index in [4.69, 9.17) is 28.0 Å². The quantitative estimate of drug-likeness (QED) is 0.0165. The first-order chi connectivity index (χ1) is 29.3. The molecule has 7 atom stereocenters. The first-order valence-electron chi connectivity index (χ1n) is 20.2. The second-order valence-electron chi connectivity index (χ2n) is 14.9. The lowest BCUT2D eigenvalue weighted by Gasteiger charge is -2.27. The van der Waals surface area contributed by atoms with Crippen molar-refractivity contribution in [3.63, 3.8) is 0 Å². The number of hydrogen-bond donors (Lipinski definition) is 13. The van der Waals surface area contributed by atoms with Gasteiger partial charge in [0, 0.05) is 18.7 Å². The third kappa shape index (κ3) is 22.1. The van der Waals surface area contributed by atoms with Crippen molar-refractivity contribution in [2.45, 2.75) is 114 Å². The van der Waals surface area contributed by atoms with Gasteiger partial charge in [-0.2, -0.15) is 24.4 Å². The molecule has 1 aromatic carbocycles. The highest BCUT2D eigenvalue weighted by atomic mass is 32.2. The monoisotopic (exact) mass is 911 g/mol. The summed E-state index contributed by atoms with van der Waals surface area (Å²) >= 11 is 5.60. The van der Waals surface area contributed by atoms with E-state index in [1.165, 1.54) is 11.8 Å². The number of rotatable bonds is 31. The van der Waals surface area contributed by atoms with Crippen LogP contribution < -0.4 is 54.8 Å². The SMILES string of the molecule is CSCC[C@H](NC(=O)[C@H](CCCN=C(N)N)NC(=O)[C@H](Cc1ccccc1)NC(=O)[C@H](CS)NC(=O)[C@@H](N)CC(C)C)C(=O)N[C@@H](CCCCN)C(=O)N[C@@H](CC(=O)O)C(=O)O. The van der Waals surface area contributed by atoms with Gasteiger partial charge < -0.3 is 65.0 Å². The molecule has 21 nitrogen and oxygen atoms in total. The van der Waals surface area contributed by atoms with Crippen molar-refractivity contribution in [3.8, 4) is 0 Å². The molecule has 0 aromatic heterocycles. The smallest absolute Gasteiger partial charge is 0.326 e. The molecular formula is C39H65N11O10S2. The summed E-state index contributed by atoms with van der Waals surface area (Å²) in [6.45, 7) is 4.12. The van der Waals surface area contributed by atoms with Gasteiger partial charge in [0.1, 0.15) is 36.3 Å². The summed E-state index contributed by atoms with van der Waals surface area (Å²) in [4.78, 5) is 109. The van der Waals surface area contributed by atoms with Gasteiger partial charge in [-0.1, -0.05) is 44.2 Å². The van der Waals surface area contributed by atoms with E-state index in [-0.39, 0.29) is 62.8 Å². The molecule has 0 spiro atoms. The summed E-state index contributed by atoms with van der Waals surface area (Å²) in [7, 11) is 0. The van der Waals surface area contributed by atoms with Crippen LogP contribution in [0.4, 0.5) is 0 Å². The lowest BCUT2D eigenvalue weighted by atomic mass is 10.0. The molecule has 0 unspecified atom stereocenters. The number of aliphatic carboxylic acids is 2. The van der Waals surface area contributed by atoms with E-state index < -0.39 is 96.1 Å². The van der Waals surface area contributed by atoms with Crippen LogP contribution in [0.2, 0.25) is 0 Å². The van der Waals surface area contributed by atoms with E-state index >= 15 is 0 Å². The topological polar surface area (TPSA) is 366 Å². The summed E-state index contributed by atoms with van der Waals surface area (Å²) in [5, 5.41) is 34.0. The van der Waals surface area contributed by atoms with Crippen LogP contribution in [0.5, 0.6) is 0 Å². The largest absolute Gasteiger partial charge is 0.481 e. The van der Waals surface area contributed by atoms with Crippen LogP contribution in [0.1, 0.15) is 70.8 Å². The zero-order valence-corrected chi connectivity index (χ0v) is 37.2. The van der Waals surface area contributed by atoms with Crippen LogP contribution in [-0.2, 0) is 44.8 Å². The van der Waals surface area contributed by atoms with Gasteiger partial charge in [0.2, 0.25) is 35.4 Å². The number of carbonyl (C=O) groups is 8. The molecule has 348 valence electrons. The third-order valence-corrected chi connectivity index (χ3v) is 10.2. The van der Waals surface area contributed by atoms with Gasteiger partial charge in [-0.15, -0.1) is 0 Å². The molecule has 0 saturated heterocycles. The number of carbonyl (C=O) groups excluding carboxylic acids is 6. The molecular weight excluding hydrogens is 847 g/mol. The molecule has 6 amide bonds. The number of unbranched alkanes of at least 4 members (excludes halogenated alkanes) is 1. The van der Waals surface area contributed by atoms with Gasteiger partial charge in [0.25, 0.3) is 0 Å². The van der Waals surface area contributed by atoms with Gasteiger partial charge in [0.05, 0.1) is 12.5 Å². The molecule has 0 aliphatic carbocycles. The zero-order chi connectivity index (χ0) is 46.8. The standard InChI is InChI=1S/C39H65N11O10S2/c1-22(2)18-24(41)32(53)50-30(21-61)37(58)48-28(19-23-10-5-4-6-11-23)36(57)46-26(13-9-16-44-39(42)43)33(54)47-27(14-17-62-3)35(56)45-25(12-7-8-15-40)34(55)49-29(38(59)60)20-31(51)52/h4-6,10-11,22,24-30,61H,7-9,12-21,40-41H2,1-3H3,(H,45,56)(H,46,57)(H,47,54)(H,48,58)(H,49,55)(H,50,53)(H,51,52)(H,59,60)(H4,42,43,44)/t24-,25-,26-,27-,28-,29-,30-/m0/s1. The van der Waals surface area contributed by atoms with E-state index in [0.717, 1.165) is 0 Å². The number of hydrogen-bond acceptors (Lipinski definition) is 13. The summed E-state index contributed by atoms with van der Waals surface area (Å²) in [6, 6.07) is -0.303.